The van der Waals surface area contributed by atoms with E-state index < -0.39 is 5.97 Å². The molecule has 0 saturated heterocycles. The van der Waals surface area contributed by atoms with Gasteiger partial charge in [-0.25, -0.2) is 4.79 Å². The summed E-state index contributed by atoms with van der Waals surface area (Å²) in [6, 6.07) is 3.61. The highest BCUT2D eigenvalue weighted by Crippen LogP contribution is 2.33. The summed E-state index contributed by atoms with van der Waals surface area (Å²) in [4.78, 5) is 13.5. The lowest BCUT2D eigenvalue weighted by molar-refractivity contribution is 0.0702. The van der Waals surface area contributed by atoms with Crippen LogP contribution in [-0.4, -0.2) is 24.2 Å². The highest BCUT2D eigenvalue weighted by Gasteiger charge is 2.24. The van der Waals surface area contributed by atoms with Gasteiger partial charge in [-0.15, -0.1) is 11.3 Å². The molecule has 0 aliphatic heterocycles. The molecule has 0 aromatic carbocycles. The van der Waals surface area contributed by atoms with E-state index in [1.54, 1.807) is 6.07 Å². The van der Waals surface area contributed by atoms with Crippen LogP contribution in [0.2, 0.25) is 0 Å². The van der Waals surface area contributed by atoms with Crippen molar-refractivity contribution >= 4 is 22.3 Å². The standard InChI is InChI=1S/C11H15NO2S/c1-2-12(7-8-3-4-8)10-6-5-9(15-10)11(13)14/h5-6,8H,2-4,7H2,1H3,(H,13,14). The molecule has 15 heavy (non-hydrogen) atoms. The highest BCUT2D eigenvalue weighted by atomic mass is 32.1. The Labute approximate surface area is 93.3 Å². The molecule has 1 heterocycles. The molecule has 1 aromatic rings. The van der Waals surface area contributed by atoms with Gasteiger partial charge in [-0.2, -0.15) is 0 Å². The summed E-state index contributed by atoms with van der Waals surface area (Å²) in [5, 5.41) is 9.92. The number of anilines is 1. The van der Waals surface area contributed by atoms with Gasteiger partial charge in [0, 0.05) is 13.1 Å². The molecule has 1 aliphatic rings. The van der Waals surface area contributed by atoms with E-state index in [-0.39, 0.29) is 0 Å². The Hall–Kier alpha value is -1.03. The summed E-state index contributed by atoms with van der Waals surface area (Å²) < 4.78 is 0. The molecular formula is C11H15NO2S. The van der Waals surface area contributed by atoms with E-state index in [1.807, 2.05) is 6.07 Å². The normalized spacial score (nSPS) is 15.3. The van der Waals surface area contributed by atoms with Gasteiger partial charge in [0.1, 0.15) is 4.88 Å². The minimum Gasteiger partial charge on any atom is -0.477 e. The van der Waals surface area contributed by atoms with Crippen LogP contribution in [0.1, 0.15) is 29.4 Å². The Bertz CT molecular complexity index is 357. The number of hydrogen-bond donors (Lipinski definition) is 1. The van der Waals surface area contributed by atoms with E-state index in [1.165, 1.54) is 24.2 Å². The molecule has 0 unspecified atom stereocenters. The van der Waals surface area contributed by atoms with E-state index >= 15 is 0 Å². The first-order valence-electron chi connectivity index (χ1n) is 5.28. The Morgan fingerprint density at radius 1 is 1.60 bits per heavy atom. The van der Waals surface area contributed by atoms with Gasteiger partial charge < -0.3 is 10.0 Å². The van der Waals surface area contributed by atoms with Crippen LogP contribution in [0.4, 0.5) is 5.00 Å². The van der Waals surface area contributed by atoms with Crippen LogP contribution < -0.4 is 4.90 Å². The first kappa shape index (κ1) is 10.5. The van der Waals surface area contributed by atoms with Crippen molar-refractivity contribution < 1.29 is 9.90 Å². The zero-order valence-electron chi connectivity index (χ0n) is 8.77. The number of hydrogen-bond acceptors (Lipinski definition) is 3. The zero-order valence-corrected chi connectivity index (χ0v) is 9.59. The summed E-state index contributed by atoms with van der Waals surface area (Å²) in [7, 11) is 0. The van der Waals surface area contributed by atoms with E-state index in [4.69, 9.17) is 5.11 Å². The van der Waals surface area contributed by atoms with Crippen LogP contribution in [0.25, 0.3) is 0 Å². The molecule has 0 amide bonds. The van der Waals surface area contributed by atoms with Crippen molar-refractivity contribution in [2.45, 2.75) is 19.8 Å². The molecule has 0 bridgehead atoms. The minimum atomic E-state index is -0.825. The molecule has 4 heteroatoms. The van der Waals surface area contributed by atoms with Crippen molar-refractivity contribution in [1.82, 2.24) is 0 Å². The fourth-order valence-corrected chi connectivity index (χ4v) is 2.52. The van der Waals surface area contributed by atoms with E-state index in [0.29, 0.717) is 4.88 Å². The van der Waals surface area contributed by atoms with Crippen LogP contribution in [-0.2, 0) is 0 Å². The largest absolute Gasteiger partial charge is 0.477 e. The third-order valence-corrected chi connectivity index (χ3v) is 3.81. The predicted octanol–water partition coefficient (Wildman–Crippen LogP) is 2.68. The second kappa shape index (κ2) is 4.23. The molecule has 1 aromatic heterocycles. The molecular weight excluding hydrogens is 210 g/mol. The molecule has 0 atom stereocenters. The third kappa shape index (κ3) is 2.50. The molecule has 0 radical (unpaired) electrons. The van der Waals surface area contributed by atoms with Crippen molar-refractivity contribution in [3.8, 4) is 0 Å². The lowest BCUT2D eigenvalue weighted by Crippen LogP contribution is -2.24. The molecule has 1 aliphatic carbocycles. The van der Waals surface area contributed by atoms with Crippen molar-refractivity contribution in [1.29, 1.82) is 0 Å². The van der Waals surface area contributed by atoms with E-state index in [2.05, 4.69) is 11.8 Å². The molecule has 2 rings (SSSR count). The summed E-state index contributed by atoms with van der Waals surface area (Å²) in [6.45, 7) is 4.15. The quantitative estimate of drug-likeness (QED) is 0.837. The van der Waals surface area contributed by atoms with Crippen LogP contribution in [0.3, 0.4) is 0 Å². The monoisotopic (exact) mass is 225 g/mol. The lowest BCUT2D eigenvalue weighted by atomic mass is 10.3. The Morgan fingerprint density at radius 3 is 2.80 bits per heavy atom. The van der Waals surface area contributed by atoms with Gasteiger partial charge >= 0.3 is 5.97 Å². The summed E-state index contributed by atoms with van der Waals surface area (Å²) in [6.07, 6.45) is 2.65. The Kier molecular flexibility index (Phi) is 2.95. The maximum Gasteiger partial charge on any atom is 0.345 e. The van der Waals surface area contributed by atoms with E-state index in [9.17, 15) is 4.79 Å². The fraction of sp³-hybridized carbons (Fsp3) is 0.545. The Morgan fingerprint density at radius 2 is 2.33 bits per heavy atom. The number of carboxylic acids is 1. The zero-order chi connectivity index (χ0) is 10.8. The van der Waals surface area contributed by atoms with Gasteiger partial charge in [-0.1, -0.05) is 0 Å². The molecule has 82 valence electrons. The first-order valence-corrected chi connectivity index (χ1v) is 6.10. The van der Waals surface area contributed by atoms with Gasteiger partial charge in [-0.3, -0.25) is 0 Å². The maximum atomic E-state index is 10.8. The molecule has 3 nitrogen and oxygen atoms in total. The van der Waals surface area contributed by atoms with Gasteiger partial charge in [0.05, 0.1) is 5.00 Å². The molecule has 0 spiro atoms. The minimum absolute atomic E-state index is 0.430. The Balaban J connectivity index is 2.07. The number of carbonyl (C=O) groups is 1. The van der Waals surface area contributed by atoms with Gasteiger partial charge in [0.2, 0.25) is 0 Å². The maximum absolute atomic E-state index is 10.8. The number of nitrogens with zero attached hydrogens (tertiary/aromatic N) is 1. The number of thiophene rings is 1. The average molecular weight is 225 g/mol. The smallest absolute Gasteiger partial charge is 0.345 e. The molecule has 1 fully saturated rings. The number of rotatable bonds is 5. The summed E-state index contributed by atoms with van der Waals surface area (Å²) in [5.41, 5.74) is 0. The topological polar surface area (TPSA) is 40.5 Å². The molecule has 1 N–H and O–H groups in total. The highest BCUT2D eigenvalue weighted by molar-refractivity contribution is 7.17. The number of carboxylic acid groups (broad SMARTS) is 1. The number of aromatic carboxylic acids is 1. The third-order valence-electron chi connectivity index (χ3n) is 2.67. The van der Waals surface area contributed by atoms with Gasteiger partial charge in [0.15, 0.2) is 0 Å². The molecule has 1 saturated carbocycles. The van der Waals surface area contributed by atoms with Crippen LogP contribution in [0, 0.1) is 5.92 Å². The van der Waals surface area contributed by atoms with E-state index in [0.717, 1.165) is 24.0 Å². The second-order valence-corrected chi connectivity index (χ2v) is 4.99. The first-order chi connectivity index (χ1) is 7.20. The SMILES string of the molecule is CCN(CC1CC1)c1ccc(C(=O)O)s1. The van der Waals surface area contributed by atoms with Crippen LogP contribution in [0.5, 0.6) is 0 Å². The van der Waals surface area contributed by atoms with Crippen molar-refractivity contribution in [3.63, 3.8) is 0 Å². The lowest BCUT2D eigenvalue weighted by Gasteiger charge is -2.20. The van der Waals surface area contributed by atoms with Crippen LogP contribution in [0.15, 0.2) is 12.1 Å². The van der Waals surface area contributed by atoms with Gasteiger partial charge in [-0.05, 0) is 37.8 Å². The summed E-state index contributed by atoms with van der Waals surface area (Å²) >= 11 is 1.37. The second-order valence-electron chi connectivity index (χ2n) is 3.93. The van der Waals surface area contributed by atoms with Gasteiger partial charge in [0.25, 0.3) is 0 Å². The average Bonchev–Trinajstić information content (AvgIpc) is 2.89. The fourth-order valence-electron chi connectivity index (χ4n) is 1.60. The van der Waals surface area contributed by atoms with Crippen molar-refractivity contribution in [2.24, 2.45) is 5.92 Å². The van der Waals surface area contributed by atoms with Crippen molar-refractivity contribution in [3.05, 3.63) is 17.0 Å². The summed E-state index contributed by atoms with van der Waals surface area (Å²) in [5.74, 6) is 0.00838. The van der Waals surface area contributed by atoms with Crippen LogP contribution >= 0.6 is 11.3 Å². The predicted molar refractivity (Wildman–Crippen MR) is 61.9 cm³/mol. The van der Waals surface area contributed by atoms with Crippen molar-refractivity contribution in [2.75, 3.05) is 18.0 Å².